The van der Waals surface area contributed by atoms with E-state index in [4.69, 9.17) is 4.42 Å². The van der Waals surface area contributed by atoms with Crippen LogP contribution in [0.15, 0.2) is 77.2 Å². The number of nitrogens with zero attached hydrogens (tertiary/aromatic N) is 1. The lowest BCUT2D eigenvalue weighted by molar-refractivity contribution is 0.669. The van der Waals surface area contributed by atoms with Gasteiger partial charge in [-0.2, -0.15) is 0 Å². The average molecular weight is 452 g/mol. The number of aromatic nitrogens is 1. The molecule has 8 rings (SSSR count). The van der Waals surface area contributed by atoms with E-state index in [-0.39, 0.29) is 0 Å². The van der Waals surface area contributed by atoms with Gasteiger partial charge in [0.15, 0.2) is 0 Å². The van der Waals surface area contributed by atoms with Gasteiger partial charge in [-0.15, -0.1) is 0 Å². The first kappa shape index (κ1) is 19.3. The number of aryl methyl sites for hydroxylation is 2. The van der Waals surface area contributed by atoms with Crippen molar-refractivity contribution in [1.82, 2.24) is 4.40 Å². The van der Waals surface area contributed by atoms with Crippen molar-refractivity contribution in [3.05, 3.63) is 89.5 Å². The fraction of sp³-hybridized carbons (Fsp3) is 0.152. The molecule has 0 radical (unpaired) electrons. The summed E-state index contributed by atoms with van der Waals surface area (Å²) in [5.74, 6) is 0.469. The molecule has 0 fully saturated rings. The third-order valence-electron chi connectivity index (χ3n) is 7.96. The maximum Gasteiger partial charge on any atom is 0.136 e. The first-order chi connectivity index (χ1) is 17.0. The Morgan fingerprint density at radius 3 is 2.11 bits per heavy atom. The van der Waals surface area contributed by atoms with Gasteiger partial charge in [0.1, 0.15) is 11.2 Å². The van der Waals surface area contributed by atoms with Crippen LogP contribution in [0, 0.1) is 13.8 Å². The average Bonchev–Trinajstić information content (AvgIpc) is 3.47. The van der Waals surface area contributed by atoms with E-state index < -0.39 is 0 Å². The molecule has 0 aliphatic rings. The molecule has 0 aliphatic heterocycles. The van der Waals surface area contributed by atoms with Gasteiger partial charge in [-0.25, -0.2) is 0 Å². The molecule has 0 atom stereocenters. The van der Waals surface area contributed by atoms with Gasteiger partial charge < -0.3 is 8.82 Å². The molecule has 8 aromatic rings. The standard InChI is InChI=1S/C33H25NO/c1-17(2)21-13-26-22-8-5-18(3)11-28(22)34-29-15-20-7-10-30-32(23-9-6-19(4)12-31(23)35-30)24(20)16-25(29)27(14-21)33(26)34/h5-17H,1-4H3. The van der Waals surface area contributed by atoms with E-state index in [1.165, 1.54) is 76.3 Å². The molecule has 0 bridgehead atoms. The molecule has 0 aliphatic carbocycles. The summed E-state index contributed by atoms with van der Waals surface area (Å²) in [4.78, 5) is 0. The van der Waals surface area contributed by atoms with Crippen LogP contribution in [0.3, 0.4) is 0 Å². The van der Waals surface area contributed by atoms with Crippen molar-refractivity contribution in [2.45, 2.75) is 33.6 Å². The van der Waals surface area contributed by atoms with E-state index >= 15 is 0 Å². The Bertz CT molecular complexity index is 2150. The van der Waals surface area contributed by atoms with E-state index in [9.17, 15) is 0 Å². The highest BCUT2D eigenvalue weighted by Crippen LogP contribution is 2.44. The van der Waals surface area contributed by atoms with Gasteiger partial charge in [-0.3, -0.25) is 0 Å². The minimum atomic E-state index is 0.469. The van der Waals surface area contributed by atoms with Crippen molar-refractivity contribution in [1.29, 1.82) is 0 Å². The molecule has 0 unspecified atom stereocenters. The van der Waals surface area contributed by atoms with Crippen LogP contribution < -0.4 is 0 Å². The predicted octanol–water partition coefficient (Wildman–Crippen LogP) is 9.63. The Kier molecular flexibility index (Phi) is 3.49. The van der Waals surface area contributed by atoms with Crippen LogP contribution in [-0.4, -0.2) is 4.40 Å². The van der Waals surface area contributed by atoms with Crippen LogP contribution in [0.4, 0.5) is 0 Å². The smallest absolute Gasteiger partial charge is 0.136 e. The summed E-state index contributed by atoms with van der Waals surface area (Å²) in [6, 6.07) is 27.4. The lowest BCUT2D eigenvalue weighted by atomic mass is 9.96. The summed E-state index contributed by atoms with van der Waals surface area (Å²) in [6.45, 7) is 8.88. The van der Waals surface area contributed by atoms with Crippen LogP contribution in [0.25, 0.3) is 70.8 Å². The van der Waals surface area contributed by atoms with E-state index in [1.807, 2.05) is 0 Å². The quantitative estimate of drug-likeness (QED) is 0.243. The van der Waals surface area contributed by atoms with Crippen LogP contribution in [-0.2, 0) is 0 Å². The van der Waals surface area contributed by atoms with Crippen molar-refractivity contribution in [3.63, 3.8) is 0 Å². The Balaban J connectivity index is 1.63. The summed E-state index contributed by atoms with van der Waals surface area (Å²) in [5, 5.41) is 10.3. The Morgan fingerprint density at radius 2 is 1.31 bits per heavy atom. The molecule has 35 heavy (non-hydrogen) atoms. The number of furan rings is 1. The molecule has 0 spiro atoms. The van der Waals surface area contributed by atoms with Crippen LogP contribution in [0.2, 0.25) is 0 Å². The number of hydrogen-bond acceptors (Lipinski definition) is 1. The van der Waals surface area contributed by atoms with E-state index in [2.05, 4.69) is 105 Å². The van der Waals surface area contributed by atoms with Crippen molar-refractivity contribution in [2.75, 3.05) is 0 Å². The maximum absolute atomic E-state index is 6.28. The van der Waals surface area contributed by atoms with Crippen molar-refractivity contribution < 1.29 is 4.42 Å². The van der Waals surface area contributed by atoms with Gasteiger partial charge in [0, 0.05) is 32.3 Å². The highest BCUT2D eigenvalue weighted by Gasteiger charge is 2.21. The predicted molar refractivity (Wildman–Crippen MR) is 149 cm³/mol. The number of hydrogen-bond donors (Lipinski definition) is 0. The minimum absolute atomic E-state index is 0.469. The Labute approximate surface area is 202 Å². The molecule has 5 aromatic carbocycles. The van der Waals surface area contributed by atoms with Gasteiger partial charge in [-0.1, -0.05) is 44.2 Å². The first-order valence-corrected chi connectivity index (χ1v) is 12.5. The minimum Gasteiger partial charge on any atom is -0.456 e. The van der Waals surface area contributed by atoms with E-state index in [1.54, 1.807) is 0 Å². The Morgan fingerprint density at radius 1 is 0.600 bits per heavy atom. The lowest BCUT2D eigenvalue weighted by Crippen LogP contribution is -1.86. The normalized spacial score (nSPS) is 12.8. The topological polar surface area (TPSA) is 17.6 Å². The van der Waals surface area contributed by atoms with E-state index in [0.29, 0.717) is 5.92 Å². The molecule has 2 nitrogen and oxygen atoms in total. The summed E-state index contributed by atoms with van der Waals surface area (Å²) in [7, 11) is 0. The summed E-state index contributed by atoms with van der Waals surface area (Å²) in [6.07, 6.45) is 0. The second kappa shape index (κ2) is 6.34. The fourth-order valence-electron chi connectivity index (χ4n) is 6.21. The zero-order valence-electron chi connectivity index (χ0n) is 20.4. The molecule has 0 saturated heterocycles. The monoisotopic (exact) mass is 451 g/mol. The molecule has 2 heteroatoms. The number of rotatable bonds is 1. The van der Waals surface area contributed by atoms with E-state index in [0.717, 1.165) is 11.2 Å². The molecular weight excluding hydrogens is 426 g/mol. The third kappa shape index (κ3) is 2.39. The molecule has 0 saturated carbocycles. The SMILES string of the molecule is Cc1ccc2c(c1)oc1ccc3cc4c(cc3c12)c1cc(C(C)C)cc2c3ccc(C)cc3n4c21. The molecular formula is C33H25NO. The highest BCUT2D eigenvalue weighted by molar-refractivity contribution is 6.27. The number of benzene rings is 5. The van der Waals surface area contributed by atoms with Gasteiger partial charge >= 0.3 is 0 Å². The molecule has 3 heterocycles. The highest BCUT2D eigenvalue weighted by atomic mass is 16.3. The van der Waals surface area contributed by atoms with Crippen molar-refractivity contribution >= 4 is 70.8 Å². The summed E-state index contributed by atoms with van der Waals surface area (Å²) >= 11 is 0. The van der Waals surface area contributed by atoms with Crippen LogP contribution in [0.5, 0.6) is 0 Å². The second-order valence-corrected chi connectivity index (χ2v) is 10.6. The zero-order chi connectivity index (χ0) is 23.6. The second-order valence-electron chi connectivity index (χ2n) is 10.6. The first-order valence-electron chi connectivity index (χ1n) is 12.5. The van der Waals surface area contributed by atoms with Gasteiger partial charge in [0.05, 0.1) is 16.6 Å². The third-order valence-corrected chi connectivity index (χ3v) is 7.96. The maximum atomic E-state index is 6.28. The molecule has 0 amide bonds. The lowest BCUT2D eigenvalue weighted by Gasteiger charge is -2.07. The van der Waals surface area contributed by atoms with Crippen LogP contribution in [0.1, 0.15) is 36.5 Å². The largest absolute Gasteiger partial charge is 0.456 e. The van der Waals surface area contributed by atoms with Gasteiger partial charge in [0.2, 0.25) is 0 Å². The van der Waals surface area contributed by atoms with Crippen molar-refractivity contribution in [3.8, 4) is 0 Å². The number of fused-ring (bicyclic) bond motifs is 11. The molecule has 168 valence electrons. The molecule has 3 aromatic heterocycles. The molecule has 0 N–H and O–H groups in total. The Hall–Kier alpha value is -4.04. The summed E-state index contributed by atoms with van der Waals surface area (Å²) in [5.41, 5.74) is 9.73. The fourth-order valence-corrected chi connectivity index (χ4v) is 6.21. The van der Waals surface area contributed by atoms with Gasteiger partial charge in [-0.05, 0) is 89.7 Å². The van der Waals surface area contributed by atoms with Gasteiger partial charge in [0.25, 0.3) is 0 Å². The summed E-state index contributed by atoms with van der Waals surface area (Å²) < 4.78 is 8.77. The van der Waals surface area contributed by atoms with Crippen LogP contribution >= 0.6 is 0 Å². The van der Waals surface area contributed by atoms with Crippen molar-refractivity contribution in [2.24, 2.45) is 0 Å². The zero-order valence-corrected chi connectivity index (χ0v) is 20.4.